The number of benzene rings is 1. The zero-order valence-corrected chi connectivity index (χ0v) is 14.3. The first-order chi connectivity index (χ1) is 11.7. The summed E-state index contributed by atoms with van der Waals surface area (Å²) in [6.07, 6.45) is 6.13. The van der Waals surface area contributed by atoms with Gasteiger partial charge in [-0.2, -0.15) is 0 Å². The van der Waals surface area contributed by atoms with Gasteiger partial charge in [0.15, 0.2) is 5.50 Å². The lowest BCUT2D eigenvalue weighted by Gasteiger charge is -2.39. The minimum Gasteiger partial charge on any atom is -0.487 e. The summed E-state index contributed by atoms with van der Waals surface area (Å²) < 4.78 is 18.7. The number of halogens is 1. The second-order valence-corrected chi connectivity index (χ2v) is 7.29. The maximum absolute atomic E-state index is 13.0. The van der Waals surface area contributed by atoms with Gasteiger partial charge in [0.2, 0.25) is 0 Å². The zero-order chi connectivity index (χ0) is 16.7. The van der Waals surface area contributed by atoms with Gasteiger partial charge in [-0.3, -0.25) is 9.69 Å². The molecule has 1 saturated carbocycles. The molecule has 1 aromatic carbocycles. The summed E-state index contributed by atoms with van der Waals surface area (Å²) in [5, 5.41) is 0. The van der Waals surface area contributed by atoms with Gasteiger partial charge in [-0.05, 0) is 49.9 Å². The Balaban J connectivity index is 1.48. The third-order valence-electron chi connectivity index (χ3n) is 4.45. The van der Waals surface area contributed by atoms with E-state index in [2.05, 4.69) is 11.8 Å². The lowest BCUT2D eigenvalue weighted by Crippen LogP contribution is -2.48. The second-order valence-electron chi connectivity index (χ2n) is 6.16. The Labute approximate surface area is 144 Å². The van der Waals surface area contributed by atoms with E-state index in [0.29, 0.717) is 18.3 Å². The molecular weight excluding hydrogens is 327 g/mol. The number of thioether (sulfide) groups is 1. The van der Waals surface area contributed by atoms with Gasteiger partial charge in [-0.1, -0.05) is 11.8 Å². The molecule has 0 aromatic heterocycles. The minimum atomic E-state index is -0.290. The fraction of sp³-hybridized carbons (Fsp3) is 0.389. The van der Waals surface area contributed by atoms with Crippen molar-refractivity contribution in [3.8, 4) is 5.75 Å². The largest absolute Gasteiger partial charge is 0.487 e. The fourth-order valence-corrected chi connectivity index (χ4v) is 4.52. The summed E-state index contributed by atoms with van der Waals surface area (Å²) in [4.78, 5) is 17.8. The molecule has 1 aliphatic carbocycles. The standard InChI is InChI=1S/C18H19FN2O2S/c1-2-20-14(11-23-15-7-5-13(19)6-8-15)9-17(22)21-10-16(12-3-4-12)24-18(20)21/h5-10,12,18H,2-4,11H2,1H3. The van der Waals surface area contributed by atoms with Crippen LogP contribution < -0.4 is 4.74 Å². The highest BCUT2D eigenvalue weighted by atomic mass is 32.2. The maximum Gasteiger partial charge on any atom is 0.254 e. The topological polar surface area (TPSA) is 32.8 Å². The van der Waals surface area contributed by atoms with Gasteiger partial charge in [-0.15, -0.1) is 0 Å². The highest BCUT2D eigenvalue weighted by molar-refractivity contribution is 8.03. The molecule has 1 amide bonds. The van der Waals surface area contributed by atoms with Crippen molar-refractivity contribution in [1.82, 2.24) is 9.80 Å². The molecule has 2 aliphatic heterocycles. The van der Waals surface area contributed by atoms with Crippen molar-refractivity contribution >= 4 is 17.7 Å². The third-order valence-corrected chi connectivity index (χ3v) is 5.85. The Kier molecular flexibility index (Phi) is 4.00. The molecule has 1 aromatic rings. The van der Waals surface area contributed by atoms with Gasteiger partial charge >= 0.3 is 0 Å². The predicted octanol–water partition coefficient (Wildman–Crippen LogP) is 3.53. The van der Waals surface area contributed by atoms with Gasteiger partial charge in [-0.25, -0.2) is 4.39 Å². The number of fused-ring (bicyclic) bond motifs is 1. The van der Waals surface area contributed by atoms with Crippen molar-refractivity contribution in [3.05, 3.63) is 53.0 Å². The van der Waals surface area contributed by atoms with Crippen LogP contribution in [0.25, 0.3) is 0 Å². The van der Waals surface area contributed by atoms with Crippen LogP contribution in [0.3, 0.4) is 0 Å². The van der Waals surface area contributed by atoms with E-state index in [0.717, 1.165) is 12.2 Å². The Morgan fingerprint density at radius 2 is 2.04 bits per heavy atom. The fourth-order valence-electron chi connectivity index (χ4n) is 2.98. The van der Waals surface area contributed by atoms with Crippen LogP contribution in [-0.2, 0) is 4.79 Å². The molecule has 2 heterocycles. The third kappa shape index (κ3) is 2.90. The van der Waals surface area contributed by atoms with E-state index in [9.17, 15) is 9.18 Å². The van der Waals surface area contributed by atoms with Gasteiger partial charge in [0.05, 0.1) is 5.70 Å². The van der Waals surface area contributed by atoms with Gasteiger partial charge in [0.1, 0.15) is 18.2 Å². The van der Waals surface area contributed by atoms with Crippen molar-refractivity contribution in [2.24, 2.45) is 5.92 Å². The normalized spacial score (nSPS) is 23.1. The summed E-state index contributed by atoms with van der Waals surface area (Å²) in [7, 11) is 0. The van der Waals surface area contributed by atoms with Gasteiger partial charge < -0.3 is 9.64 Å². The van der Waals surface area contributed by atoms with Crippen LogP contribution in [0.15, 0.2) is 47.1 Å². The Morgan fingerprint density at radius 3 is 2.71 bits per heavy atom. The molecule has 0 saturated heterocycles. The molecule has 0 N–H and O–H groups in total. The lowest BCUT2D eigenvalue weighted by atomic mass is 10.2. The number of carbonyl (C=O) groups is 1. The van der Waals surface area contributed by atoms with E-state index in [4.69, 9.17) is 4.74 Å². The lowest BCUT2D eigenvalue weighted by molar-refractivity contribution is -0.127. The van der Waals surface area contributed by atoms with Crippen molar-refractivity contribution in [3.63, 3.8) is 0 Å². The van der Waals surface area contributed by atoms with Crippen LogP contribution in [0.2, 0.25) is 0 Å². The van der Waals surface area contributed by atoms with E-state index in [1.165, 1.54) is 29.9 Å². The van der Waals surface area contributed by atoms with E-state index < -0.39 is 0 Å². The average Bonchev–Trinajstić information content (AvgIpc) is 3.33. The number of ether oxygens (including phenoxy) is 1. The molecule has 6 heteroatoms. The highest BCUT2D eigenvalue weighted by Crippen LogP contribution is 2.49. The van der Waals surface area contributed by atoms with E-state index >= 15 is 0 Å². The monoisotopic (exact) mass is 346 g/mol. The first-order valence-corrected chi connectivity index (χ1v) is 9.10. The quantitative estimate of drug-likeness (QED) is 0.816. The second kappa shape index (κ2) is 6.16. The Hall–Kier alpha value is -1.95. The number of likely N-dealkylation sites (N-methyl/N-ethyl adjacent to an activating group) is 1. The molecule has 126 valence electrons. The number of amides is 1. The summed E-state index contributed by atoms with van der Waals surface area (Å²) in [6.45, 7) is 3.18. The minimum absolute atomic E-state index is 0.00471. The number of nitrogens with zero attached hydrogens (tertiary/aromatic N) is 2. The molecule has 24 heavy (non-hydrogen) atoms. The predicted molar refractivity (Wildman–Crippen MR) is 91.4 cm³/mol. The Morgan fingerprint density at radius 1 is 1.29 bits per heavy atom. The van der Waals surface area contributed by atoms with Crippen molar-refractivity contribution in [1.29, 1.82) is 0 Å². The highest BCUT2D eigenvalue weighted by Gasteiger charge is 2.42. The van der Waals surface area contributed by atoms with E-state index in [-0.39, 0.29) is 17.2 Å². The van der Waals surface area contributed by atoms with Gasteiger partial charge in [0, 0.05) is 23.7 Å². The molecular formula is C18H19FN2O2S. The summed E-state index contributed by atoms with van der Waals surface area (Å²) in [6, 6.07) is 5.93. The molecule has 0 bridgehead atoms. The number of rotatable bonds is 5. The van der Waals surface area contributed by atoms with E-state index in [1.807, 2.05) is 11.1 Å². The van der Waals surface area contributed by atoms with E-state index in [1.54, 1.807) is 30.0 Å². The molecule has 4 rings (SSSR count). The van der Waals surface area contributed by atoms with Gasteiger partial charge in [0.25, 0.3) is 5.91 Å². The number of hydrogen-bond acceptors (Lipinski definition) is 4. The van der Waals surface area contributed by atoms with Crippen molar-refractivity contribution in [2.75, 3.05) is 13.2 Å². The Bertz CT molecular complexity index is 712. The number of hydrogen-bond donors (Lipinski definition) is 0. The number of allylic oxidation sites excluding steroid dienone is 1. The van der Waals surface area contributed by atoms with Crippen molar-refractivity contribution in [2.45, 2.75) is 25.3 Å². The molecule has 0 spiro atoms. The first kappa shape index (κ1) is 15.6. The van der Waals surface area contributed by atoms with Crippen LogP contribution in [-0.4, -0.2) is 34.4 Å². The van der Waals surface area contributed by atoms with Crippen LogP contribution in [0.4, 0.5) is 4.39 Å². The van der Waals surface area contributed by atoms with Crippen LogP contribution in [0.5, 0.6) is 5.75 Å². The van der Waals surface area contributed by atoms with Crippen LogP contribution in [0.1, 0.15) is 19.8 Å². The maximum atomic E-state index is 13.0. The molecule has 1 atom stereocenters. The molecule has 1 unspecified atom stereocenters. The molecule has 1 fully saturated rings. The molecule has 3 aliphatic rings. The SMILES string of the molecule is CCN1C(COc2ccc(F)cc2)=CC(=O)N2C=C(C3CC3)SC21. The smallest absolute Gasteiger partial charge is 0.254 e. The van der Waals surface area contributed by atoms with Crippen LogP contribution in [0, 0.1) is 11.7 Å². The van der Waals surface area contributed by atoms with Crippen LogP contribution >= 0.6 is 11.8 Å². The summed E-state index contributed by atoms with van der Waals surface area (Å²) in [5.41, 5.74) is 0.862. The van der Waals surface area contributed by atoms with Crippen molar-refractivity contribution < 1.29 is 13.9 Å². The zero-order valence-electron chi connectivity index (χ0n) is 13.4. The molecule has 0 radical (unpaired) electrons. The first-order valence-electron chi connectivity index (χ1n) is 8.22. The summed E-state index contributed by atoms with van der Waals surface area (Å²) >= 11 is 1.78. The number of carbonyl (C=O) groups excluding carboxylic acids is 1. The summed E-state index contributed by atoms with van der Waals surface area (Å²) in [5.74, 6) is 0.956. The molecule has 4 nitrogen and oxygen atoms in total. The average molecular weight is 346 g/mol.